The quantitative estimate of drug-likeness (QED) is 0.452. The molecule has 2 heterocycles. The highest BCUT2D eigenvalue weighted by Crippen LogP contribution is 2.28. The number of fused-ring (bicyclic) bond motifs is 1. The number of esters is 1. The number of benzene rings is 2. The van der Waals surface area contributed by atoms with Crippen molar-refractivity contribution in [3.8, 4) is 0 Å². The molecule has 8 nitrogen and oxygen atoms in total. The van der Waals surface area contributed by atoms with E-state index < -0.39 is 29.8 Å². The Hall–Kier alpha value is -3.52. The minimum Gasteiger partial charge on any atom is -0.449 e. The van der Waals surface area contributed by atoms with E-state index in [1.807, 2.05) is 24.3 Å². The van der Waals surface area contributed by atoms with Crippen LogP contribution in [0.5, 0.6) is 0 Å². The van der Waals surface area contributed by atoms with E-state index in [9.17, 15) is 19.2 Å². The normalized spacial score (nSPS) is 18.8. The minimum absolute atomic E-state index is 0.100. The summed E-state index contributed by atoms with van der Waals surface area (Å²) in [5.41, 5.74) is 2.20. The molecular formula is C27H30N2O6. The molecule has 3 unspecified atom stereocenters. The van der Waals surface area contributed by atoms with Gasteiger partial charge in [0.05, 0.1) is 29.3 Å². The molecule has 2 aliphatic rings. The van der Waals surface area contributed by atoms with Crippen LogP contribution in [0.15, 0.2) is 42.5 Å². The molecule has 3 amide bonds. The Morgan fingerprint density at radius 3 is 2.57 bits per heavy atom. The van der Waals surface area contributed by atoms with E-state index in [1.165, 1.54) is 30.0 Å². The lowest BCUT2D eigenvalue weighted by Gasteiger charge is -2.18. The Kier molecular flexibility index (Phi) is 7.31. The van der Waals surface area contributed by atoms with Crippen molar-refractivity contribution >= 4 is 29.4 Å². The average Bonchev–Trinajstić information content (AvgIpc) is 3.46. The van der Waals surface area contributed by atoms with Crippen molar-refractivity contribution in [2.45, 2.75) is 58.2 Å². The summed E-state index contributed by atoms with van der Waals surface area (Å²) in [5.74, 6) is -1.79. The Morgan fingerprint density at radius 1 is 1.11 bits per heavy atom. The van der Waals surface area contributed by atoms with Gasteiger partial charge in [-0.15, -0.1) is 0 Å². The van der Waals surface area contributed by atoms with E-state index in [0.29, 0.717) is 12.3 Å². The third-order valence-corrected chi connectivity index (χ3v) is 6.63. The topological polar surface area (TPSA) is 102 Å². The Morgan fingerprint density at radius 2 is 1.86 bits per heavy atom. The number of nitrogens with one attached hydrogen (secondary N) is 1. The molecule has 1 N–H and O–H groups in total. The van der Waals surface area contributed by atoms with Gasteiger partial charge in [-0.25, -0.2) is 4.79 Å². The number of carbonyl (C=O) groups excluding carboxylic acids is 4. The van der Waals surface area contributed by atoms with Gasteiger partial charge in [-0.1, -0.05) is 32.0 Å². The zero-order valence-electron chi connectivity index (χ0n) is 20.2. The molecule has 3 atom stereocenters. The second-order valence-electron chi connectivity index (χ2n) is 9.05. The number of anilines is 1. The van der Waals surface area contributed by atoms with Crippen molar-refractivity contribution in [2.75, 3.05) is 18.5 Å². The molecule has 35 heavy (non-hydrogen) atoms. The van der Waals surface area contributed by atoms with Crippen LogP contribution in [0.4, 0.5) is 5.69 Å². The van der Waals surface area contributed by atoms with Crippen LogP contribution in [0.25, 0.3) is 0 Å². The summed E-state index contributed by atoms with van der Waals surface area (Å²) in [6, 6.07) is 11.8. The molecule has 0 radical (unpaired) electrons. The predicted octanol–water partition coefficient (Wildman–Crippen LogP) is 4.16. The predicted molar refractivity (Wildman–Crippen MR) is 129 cm³/mol. The van der Waals surface area contributed by atoms with Crippen LogP contribution >= 0.6 is 0 Å². The summed E-state index contributed by atoms with van der Waals surface area (Å²) in [6.07, 6.45) is 1.40. The molecule has 8 heteroatoms. The molecule has 1 saturated heterocycles. The molecule has 184 valence electrons. The zero-order chi connectivity index (χ0) is 25.1. The van der Waals surface area contributed by atoms with Gasteiger partial charge in [0.25, 0.3) is 17.7 Å². The minimum atomic E-state index is -1.06. The average molecular weight is 479 g/mol. The first-order chi connectivity index (χ1) is 16.8. The summed E-state index contributed by atoms with van der Waals surface area (Å²) in [6.45, 7) is 6.46. The highest BCUT2D eigenvalue weighted by atomic mass is 16.5. The van der Waals surface area contributed by atoms with Gasteiger partial charge in [0.1, 0.15) is 0 Å². The van der Waals surface area contributed by atoms with Crippen molar-refractivity contribution in [2.24, 2.45) is 0 Å². The molecule has 0 spiro atoms. The summed E-state index contributed by atoms with van der Waals surface area (Å²) in [7, 11) is 0. The molecule has 4 rings (SSSR count). The van der Waals surface area contributed by atoms with Gasteiger partial charge < -0.3 is 14.8 Å². The number of hydrogen-bond donors (Lipinski definition) is 1. The number of rotatable bonds is 8. The van der Waals surface area contributed by atoms with E-state index in [-0.39, 0.29) is 35.3 Å². The molecule has 0 aromatic heterocycles. The summed E-state index contributed by atoms with van der Waals surface area (Å²) < 4.78 is 10.9. The third-order valence-electron chi connectivity index (χ3n) is 6.63. The van der Waals surface area contributed by atoms with Crippen molar-refractivity contribution < 1.29 is 28.7 Å². The van der Waals surface area contributed by atoms with E-state index in [4.69, 9.17) is 9.47 Å². The molecule has 2 aliphatic heterocycles. The number of para-hydroxylation sites is 1. The SMILES string of the molecule is CCC(C)c1ccccc1NC(=O)C(C)OC(=O)c1ccc2c(c1)C(=O)N(CC1CCCO1)C2=O. The van der Waals surface area contributed by atoms with Crippen LogP contribution in [0.2, 0.25) is 0 Å². The van der Waals surface area contributed by atoms with Crippen LogP contribution in [0.1, 0.15) is 82.6 Å². The third kappa shape index (κ3) is 5.12. The molecule has 0 aliphatic carbocycles. The largest absolute Gasteiger partial charge is 0.449 e. The molecule has 2 aromatic rings. The fraction of sp³-hybridized carbons (Fsp3) is 0.407. The molecule has 2 aromatic carbocycles. The Labute approximate surface area is 204 Å². The van der Waals surface area contributed by atoms with Crippen LogP contribution < -0.4 is 5.32 Å². The Bertz CT molecular complexity index is 1150. The number of nitrogens with zero attached hydrogens (tertiary/aromatic N) is 1. The van der Waals surface area contributed by atoms with Crippen molar-refractivity contribution in [1.82, 2.24) is 4.90 Å². The van der Waals surface area contributed by atoms with Crippen molar-refractivity contribution in [3.63, 3.8) is 0 Å². The fourth-order valence-electron chi connectivity index (χ4n) is 4.35. The van der Waals surface area contributed by atoms with Gasteiger partial charge in [-0.2, -0.15) is 0 Å². The second-order valence-corrected chi connectivity index (χ2v) is 9.05. The molecule has 0 saturated carbocycles. The highest BCUT2D eigenvalue weighted by Gasteiger charge is 2.38. The lowest BCUT2D eigenvalue weighted by atomic mass is 9.97. The first-order valence-electron chi connectivity index (χ1n) is 12.0. The van der Waals surface area contributed by atoms with Gasteiger partial charge in [0, 0.05) is 12.3 Å². The first-order valence-corrected chi connectivity index (χ1v) is 12.0. The number of carbonyl (C=O) groups is 4. The summed E-state index contributed by atoms with van der Waals surface area (Å²) in [5, 5.41) is 2.84. The van der Waals surface area contributed by atoms with E-state index in [1.54, 1.807) is 0 Å². The standard InChI is InChI=1S/C27H30N2O6/c1-4-16(2)20-9-5-6-10-23(20)28-24(30)17(3)35-27(33)18-11-12-21-22(14-18)26(32)29(25(21)31)15-19-8-7-13-34-19/h5-6,9-12,14,16-17,19H,4,7-8,13,15H2,1-3H3,(H,28,30). The number of imide groups is 1. The van der Waals surface area contributed by atoms with Gasteiger partial charge in [0.2, 0.25) is 0 Å². The lowest BCUT2D eigenvalue weighted by Crippen LogP contribution is -2.36. The maximum absolute atomic E-state index is 12.8. The van der Waals surface area contributed by atoms with E-state index in [0.717, 1.165) is 24.8 Å². The van der Waals surface area contributed by atoms with Gasteiger partial charge >= 0.3 is 5.97 Å². The van der Waals surface area contributed by atoms with Gasteiger partial charge in [-0.3, -0.25) is 19.3 Å². The number of ether oxygens (including phenoxy) is 2. The maximum Gasteiger partial charge on any atom is 0.338 e. The fourth-order valence-corrected chi connectivity index (χ4v) is 4.35. The maximum atomic E-state index is 12.8. The number of hydrogen-bond acceptors (Lipinski definition) is 6. The van der Waals surface area contributed by atoms with Crippen LogP contribution in [0.3, 0.4) is 0 Å². The monoisotopic (exact) mass is 478 g/mol. The van der Waals surface area contributed by atoms with Gasteiger partial charge in [-0.05, 0) is 61.9 Å². The van der Waals surface area contributed by atoms with E-state index in [2.05, 4.69) is 19.2 Å². The summed E-state index contributed by atoms with van der Waals surface area (Å²) in [4.78, 5) is 52.2. The van der Waals surface area contributed by atoms with Gasteiger partial charge in [0.15, 0.2) is 6.10 Å². The molecule has 0 bridgehead atoms. The molecular weight excluding hydrogens is 448 g/mol. The molecule has 1 fully saturated rings. The van der Waals surface area contributed by atoms with Crippen LogP contribution in [-0.2, 0) is 14.3 Å². The van der Waals surface area contributed by atoms with Crippen LogP contribution in [-0.4, -0.2) is 54.0 Å². The zero-order valence-corrected chi connectivity index (χ0v) is 20.2. The highest BCUT2D eigenvalue weighted by molar-refractivity contribution is 6.22. The number of amides is 3. The first kappa shape index (κ1) is 24.6. The second kappa shape index (κ2) is 10.4. The Balaban J connectivity index is 1.42. The van der Waals surface area contributed by atoms with E-state index >= 15 is 0 Å². The van der Waals surface area contributed by atoms with Crippen molar-refractivity contribution in [3.05, 3.63) is 64.7 Å². The smallest absolute Gasteiger partial charge is 0.338 e. The van der Waals surface area contributed by atoms with Crippen molar-refractivity contribution in [1.29, 1.82) is 0 Å². The van der Waals surface area contributed by atoms with Crippen LogP contribution in [0, 0.1) is 0 Å². The lowest BCUT2D eigenvalue weighted by molar-refractivity contribution is -0.123. The summed E-state index contributed by atoms with van der Waals surface area (Å²) >= 11 is 0.